The van der Waals surface area contributed by atoms with Gasteiger partial charge in [0.1, 0.15) is 6.67 Å². The average Bonchev–Trinajstić information content (AvgIpc) is 2.05. The molecule has 0 aliphatic heterocycles. The Hall–Kier alpha value is -0.800. The first-order valence-electron chi connectivity index (χ1n) is 3.60. The molecule has 0 aromatic heterocycles. The Morgan fingerprint density at radius 3 is 2.43 bits per heavy atom. The van der Waals surface area contributed by atoms with E-state index in [1.165, 1.54) is 6.07 Å². The molecular formula is C9H12Cl2FNO. The van der Waals surface area contributed by atoms with Gasteiger partial charge in [0.15, 0.2) is 0 Å². The lowest BCUT2D eigenvalue weighted by Crippen LogP contribution is -2.12. The minimum Gasteiger partial charge on any atom is -0.366 e. The number of halogens is 3. The van der Waals surface area contributed by atoms with Crippen LogP contribution < -0.4 is 5.73 Å². The number of aryl methyl sites for hydroxylation is 1. The highest BCUT2D eigenvalue weighted by Gasteiger charge is 2.04. The lowest BCUT2D eigenvalue weighted by atomic mass is 10.1. The molecule has 0 radical (unpaired) electrons. The minimum absolute atomic E-state index is 0. The Morgan fingerprint density at radius 2 is 2.00 bits per heavy atom. The molecule has 0 atom stereocenters. The number of alkyl halides is 1. The molecule has 1 aromatic carbocycles. The fraction of sp³-hybridized carbons (Fsp3) is 0.222. The summed E-state index contributed by atoms with van der Waals surface area (Å²) in [6.45, 7) is 1.20. The van der Waals surface area contributed by atoms with E-state index in [1.807, 2.05) is 0 Å². The number of hydrogen-bond acceptors (Lipinski definition) is 1. The van der Waals surface area contributed by atoms with Gasteiger partial charge >= 0.3 is 0 Å². The SMILES string of the molecule is Cc1ccc(CF)cc1C(N)=O.Cl.Cl. The van der Waals surface area contributed by atoms with Gasteiger partial charge in [0.2, 0.25) is 5.91 Å². The van der Waals surface area contributed by atoms with E-state index in [1.54, 1.807) is 19.1 Å². The molecule has 0 bridgehead atoms. The van der Waals surface area contributed by atoms with E-state index in [-0.39, 0.29) is 24.8 Å². The van der Waals surface area contributed by atoms with Gasteiger partial charge < -0.3 is 5.73 Å². The molecule has 80 valence electrons. The smallest absolute Gasteiger partial charge is 0.248 e. The number of amides is 1. The van der Waals surface area contributed by atoms with Gasteiger partial charge in [0.05, 0.1) is 0 Å². The van der Waals surface area contributed by atoms with Crippen molar-refractivity contribution in [3.63, 3.8) is 0 Å². The van der Waals surface area contributed by atoms with Crippen LogP contribution in [0, 0.1) is 6.92 Å². The molecule has 0 aliphatic rings. The highest BCUT2D eigenvalue weighted by atomic mass is 35.5. The first-order chi connectivity index (χ1) is 5.65. The van der Waals surface area contributed by atoms with E-state index in [0.29, 0.717) is 11.1 Å². The van der Waals surface area contributed by atoms with E-state index >= 15 is 0 Å². The highest BCUT2D eigenvalue weighted by Crippen LogP contribution is 2.11. The molecule has 1 rings (SSSR count). The number of nitrogens with two attached hydrogens (primary N) is 1. The predicted molar refractivity (Wildman–Crippen MR) is 59.0 cm³/mol. The Balaban J connectivity index is 0. The molecule has 0 saturated heterocycles. The van der Waals surface area contributed by atoms with Crippen molar-refractivity contribution in [2.45, 2.75) is 13.6 Å². The van der Waals surface area contributed by atoms with Crippen LogP contribution in [0.25, 0.3) is 0 Å². The maximum Gasteiger partial charge on any atom is 0.248 e. The Kier molecular flexibility index (Phi) is 7.41. The normalized spacial score (nSPS) is 8.43. The summed E-state index contributed by atoms with van der Waals surface area (Å²) < 4.78 is 12.1. The van der Waals surface area contributed by atoms with Gasteiger partial charge in [0, 0.05) is 5.56 Å². The maximum atomic E-state index is 12.1. The van der Waals surface area contributed by atoms with Gasteiger partial charge in [-0.05, 0) is 24.1 Å². The standard InChI is InChI=1S/C9H10FNO.2ClH/c1-6-2-3-7(5-10)4-8(6)9(11)12;;/h2-4H,5H2,1H3,(H2,11,12);2*1H. The topological polar surface area (TPSA) is 43.1 Å². The van der Waals surface area contributed by atoms with Crippen molar-refractivity contribution in [1.29, 1.82) is 0 Å². The third-order valence-electron chi connectivity index (χ3n) is 1.72. The zero-order chi connectivity index (χ0) is 9.14. The van der Waals surface area contributed by atoms with E-state index in [4.69, 9.17) is 5.73 Å². The third kappa shape index (κ3) is 3.52. The molecule has 2 nitrogen and oxygen atoms in total. The largest absolute Gasteiger partial charge is 0.366 e. The minimum atomic E-state index is -0.569. The first kappa shape index (κ1) is 15.7. The van der Waals surface area contributed by atoms with E-state index in [2.05, 4.69) is 0 Å². The van der Waals surface area contributed by atoms with Crippen molar-refractivity contribution >= 4 is 30.7 Å². The Morgan fingerprint density at radius 1 is 1.43 bits per heavy atom. The molecule has 0 unspecified atom stereocenters. The second-order valence-electron chi connectivity index (χ2n) is 2.65. The van der Waals surface area contributed by atoms with Gasteiger partial charge in [-0.15, -0.1) is 24.8 Å². The van der Waals surface area contributed by atoms with Gasteiger partial charge in [-0.25, -0.2) is 4.39 Å². The van der Waals surface area contributed by atoms with Crippen LogP contribution >= 0.6 is 24.8 Å². The summed E-state index contributed by atoms with van der Waals surface area (Å²) in [5.41, 5.74) is 6.73. The van der Waals surface area contributed by atoms with Crippen LogP contribution in [0.2, 0.25) is 0 Å². The lowest BCUT2D eigenvalue weighted by molar-refractivity contribution is 0.0999. The van der Waals surface area contributed by atoms with Crippen LogP contribution in [0.4, 0.5) is 4.39 Å². The van der Waals surface area contributed by atoms with Crippen LogP contribution in [-0.4, -0.2) is 5.91 Å². The average molecular weight is 240 g/mol. The molecule has 1 aromatic rings. The molecular weight excluding hydrogens is 228 g/mol. The molecule has 5 heteroatoms. The summed E-state index contributed by atoms with van der Waals surface area (Å²) in [6.07, 6.45) is 0. The molecule has 0 aliphatic carbocycles. The molecule has 1 amide bonds. The van der Waals surface area contributed by atoms with Crippen LogP contribution in [0.3, 0.4) is 0 Å². The maximum absolute atomic E-state index is 12.1. The summed E-state index contributed by atoms with van der Waals surface area (Å²) in [7, 11) is 0. The van der Waals surface area contributed by atoms with Crippen LogP contribution in [0.15, 0.2) is 18.2 Å². The molecule has 2 N–H and O–H groups in total. The van der Waals surface area contributed by atoms with Gasteiger partial charge in [0.25, 0.3) is 0 Å². The van der Waals surface area contributed by atoms with E-state index in [9.17, 15) is 9.18 Å². The summed E-state index contributed by atoms with van der Waals surface area (Å²) in [5.74, 6) is -0.511. The molecule has 14 heavy (non-hydrogen) atoms. The van der Waals surface area contributed by atoms with Gasteiger partial charge in [-0.1, -0.05) is 12.1 Å². The number of primary amides is 1. The zero-order valence-electron chi connectivity index (χ0n) is 7.62. The number of carbonyl (C=O) groups excluding carboxylic acids is 1. The van der Waals surface area contributed by atoms with Crippen molar-refractivity contribution in [3.8, 4) is 0 Å². The Labute approximate surface area is 94.5 Å². The van der Waals surface area contributed by atoms with Crippen molar-refractivity contribution in [2.75, 3.05) is 0 Å². The van der Waals surface area contributed by atoms with Crippen LogP contribution in [0.1, 0.15) is 21.5 Å². The summed E-state index contributed by atoms with van der Waals surface area (Å²) in [5, 5.41) is 0. The lowest BCUT2D eigenvalue weighted by Gasteiger charge is -2.02. The molecule has 0 spiro atoms. The highest BCUT2D eigenvalue weighted by molar-refractivity contribution is 5.94. The fourth-order valence-electron chi connectivity index (χ4n) is 1.02. The monoisotopic (exact) mass is 239 g/mol. The second-order valence-corrected chi connectivity index (χ2v) is 2.65. The fourth-order valence-corrected chi connectivity index (χ4v) is 1.02. The third-order valence-corrected chi connectivity index (χ3v) is 1.72. The number of rotatable bonds is 2. The second kappa shape index (κ2) is 6.62. The Bertz CT molecular complexity index is 318. The molecule has 0 heterocycles. The quantitative estimate of drug-likeness (QED) is 0.847. The van der Waals surface area contributed by atoms with Gasteiger partial charge in [-0.3, -0.25) is 4.79 Å². The number of hydrogen-bond donors (Lipinski definition) is 1. The molecule has 0 fully saturated rings. The van der Waals surface area contributed by atoms with Gasteiger partial charge in [-0.2, -0.15) is 0 Å². The zero-order valence-corrected chi connectivity index (χ0v) is 9.25. The van der Waals surface area contributed by atoms with Crippen molar-refractivity contribution in [2.24, 2.45) is 5.73 Å². The molecule has 0 saturated carbocycles. The number of benzene rings is 1. The van der Waals surface area contributed by atoms with E-state index in [0.717, 1.165) is 5.56 Å². The van der Waals surface area contributed by atoms with Crippen LogP contribution in [-0.2, 0) is 6.67 Å². The first-order valence-corrected chi connectivity index (χ1v) is 3.60. The van der Waals surface area contributed by atoms with Crippen LogP contribution in [0.5, 0.6) is 0 Å². The number of carbonyl (C=O) groups is 1. The summed E-state index contributed by atoms with van der Waals surface area (Å²) in [4.78, 5) is 10.8. The van der Waals surface area contributed by atoms with Crippen molar-refractivity contribution < 1.29 is 9.18 Å². The summed E-state index contributed by atoms with van der Waals surface area (Å²) >= 11 is 0. The summed E-state index contributed by atoms with van der Waals surface area (Å²) in [6, 6.07) is 4.81. The van der Waals surface area contributed by atoms with Crippen molar-refractivity contribution in [3.05, 3.63) is 34.9 Å². The predicted octanol–water partition coefficient (Wildman–Crippen LogP) is 2.41. The van der Waals surface area contributed by atoms with Crippen molar-refractivity contribution in [1.82, 2.24) is 0 Å². The van der Waals surface area contributed by atoms with E-state index < -0.39 is 12.6 Å².